The van der Waals surface area contributed by atoms with Gasteiger partial charge >= 0.3 is 6.18 Å². The fourth-order valence-corrected chi connectivity index (χ4v) is 3.12. The van der Waals surface area contributed by atoms with Crippen molar-refractivity contribution < 1.29 is 18.0 Å². The van der Waals surface area contributed by atoms with Gasteiger partial charge < -0.3 is 10.6 Å². The standard InChI is InChI=1S/C20H25F3N4O/c1-12(19(2,3)4)25-18(28)14-11-24-27-16(20(21,22)23)10-15(26-17(14)27)13-8-6-5-7-9-13/h5-9,11-12,15-16,26H,10H2,1-4H3,(H,25,28). The summed E-state index contributed by atoms with van der Waals surface area (Å²) in [5.74, 6) is -0.341. The fourth-order valence-electron chi connectivity index (χ4n) is 3.12. The third kappa shape index (κ3) is 4.00. The van der Waals surface area contributed by atoms with Crippen LogP contribution in [-0.4, -0.2) is 27.9 Å². The molecule has 1 amide bonds. The monoisotopic (exact) mass is 394 g/mol. The molecule has 0 radical (unpaired) electrons. The van der Waals surface area contributed by atoms with Crippen LogP contribution in [0.2, 0.25) is 0 Å². The van der Waals surface area contributed by atoms with Crippen LogP contribution in [0.5, 0.6) is 0 Å². The molecular formula is C20H25F3N4O. The summed E-state index contributed by atoms with van der Waals surface area (Å²) in [6.45, 7) is 7.81. The molecule has 2 heterocycles. The first kappa shape index (κ1) is 20.2. The highest BCUT2D eigenvalue weighted by Crippen LogP contribution is 2.44. The molecule has 0 saturated heterocycles. The second-order valence-electron chi connectivity index (χ2n) is 8.31. The van der Waals surface area contributed by atoms with Crippen molar-refractivity contribution in [3.63, 3.8) is 0 Å². The van der Waals surface area contributed by atoms with Gasteiger partial charge in [-0.05, 0) is 17.9 Å². The van der Waals surface area contributed by atoms with Gasteiger partial charge in [0.25, 0.3) is 5.91 Å². The number of halogens is 3. The molecule has 1 aromatic heterocycles. The number of alkyl halides is 3. The van der Waals surface area contributed by atoms with E-state index in [1.165, 1.54) is 6.20 Å². The Morgan fingerprint density at radius 3 is 2.46 bits per heavy atom. The van der Waals surface area contributed by atoms with Gasteiger partial charge in [0, 0.05) is 12.5 Å². The Morgan fingerprint density at radius 1 is 1.25 bits per heavy atom. The van der Waals surface area contributed by atoms with Crippen LogP contribution in [0.3, 0.4) is 0 Å². The molecule has 28 heavy (non-hydrogen) atoms. The minimum Gasteiger partial charge on any atom is -0.363 e. The van der Waals surface area contributed by atoms with Crippen molar-refractivity contribution in [3.05, 3.63) is 47.7 Å². The number of carbonyl (C=O) groups is 1. The molecule has 0 spiro atoms. The predicted molar refractivity (Wildman–Crippen MR) is 101 cm³/mol. The molecule has 1 aromatic carbocycles. The van der Waals surface area contributed by atoms with Crippen LogP contribution in [0.1, 0.15) is 62.1 Å². The normalized spacial score (nSPS) is 20.8. The number of anilines is 1. The number of aromatic nitrogens is 2. The molecule has 0 saturated carbocycles. The van der Waals surface area contributed by atoms with Gasteiger partial charge in [0.1, 0.15) is 11.4 Å². The van der Waals surface area contributed by atoms with E-state index >= 15 is 0 Å². The quantitative estimate of drug-likeness (QED) is 0.793. The summed E-state index contributed by atoms with van der Waals surface area (Å²) in [5, 5.41) is 9.86. The Morgan fingerprint density at radius 2 is 1.89 bits per heavy atom. The van der Waals surface area contributed by atoms with Crippen LogP contribution in [0.25, 0.3) is 0 Å². The lowest BCUT2D eigenvalue weighted by Gasteiger charge is -2.34. The lowest BCUT2D eigenvalue weighted by Crippen LogP contribution is -2.42. The van der Waals surface area contributed by atoms with Crippen molar-refractivity contribution in [2.75, 3.05) is 5.32 Å². The molecule has 8 heteroatoms. The van der Waals surface area contributed by atoms with E-state index in [-0.39, 0.29) is 29.3 Å². The van der Waals surface area contributed by atoms with Gasteiger partial charge in [0.15, 0.2) is 6.04 Å². The van der Waals surface area contributed by atoms with E-state index in [4.69, 9.17) is 0 Å². The molecule has 0 bridgehead atoms. The van der Waals surface area contributed by atoms with Crippen LogP contribution in [0, 0.1) is 5.41 Å². The Balaban J connectivity index is 1.96. The zero-order valence-electron chi connectivity index (χ0n) is 16.3. The Labute approximate surface area is 162 Å². The van der Waals surface area contributed by atoms with E-state index in [2.05, 4.69) is 15.7 Å². The minimum absolute atomic E-state index is 0.0982. The van der Waals surface area contributed by atoms with Crippen LogP contribution >= 0.6 is 0 Å². The van der Waals surface area contributed by atoms with Crippen LogP contribution in [-0.2, 0) is 0 Å². The van der Waals surface area contributed by atoms with Crippen LogP contribution in [0.15, 0.2) is 36.5 Å². The first-order valence-corrected chi connectivity index (χ1v) is 9.25. The second-order valence-corrected chi connectivity index (χ2v) is 8.31. The number of carbonyl (C=O) groups excluding carboxylic acids is 1. The highest BCUT2D eigenvalue weighted by molar-refractivity contribution is 5.99. The smallest absolute Gasteiger partial charge is 0.363 e. The third-order valence-electron chi connectivity index (χ3n) is 5.33. The van der Waals surface area contributed by atoms with Gasteiger partial charge in [-0.25, -0.2) is 4.68 Å². The number of hydrogen-bond donors (Lipinski definition) is 2. The largest absolute Gasteiger partial charge is 0.410 e. The van der Waals surface area contributed by atoms with Crippen LogP contribution < -0.4 is 10.6 Å². The minimum atomic E-state index is -4.47. The van der Waals surface area contributed by atoms with Gasteiger partial charge in [0.2, 0.25) is 0 Å². The summed E-state index contributed by atoms with van der Waals surface area (Å²) in [6, 6.07) is 6.40. The number of nitrogens with zero attached hydrogens (tertiary/aromatic N) is 2. The molecule has 0 fully saturated rings. The van der Waals surface area contributed by atoms with Crippen molar-refractivity contribution in [3.8, 4) is 0 Å². The summed E-state index contributed by atoms with van der Waals surface area (Å²) in [5.41, 5.74) is 0.668. The Bertz CT molecular complexity index is 839. The maximum atomic E-state index is 13.7. The molecule has 2 N–H and O–H groups in total. The van der Waals surface area contributed by atoms with Crippen molar-refractivity contribution >= 4 is 11.7 Å². The second kappa shape index (κ2) is 7.14. The van der Waals surface area contributed by atoms with Crippen molar-refractivity contribution in [2.45, 2.75) is 58.4 Å². The lowest BCUT2D eigenvalue weighted by molar-refractivity contribution is -0.173. The van der Waals surface area contributed by atoms with Gasteiger partial charge in [0.05, 0.1) is 12.2 Å². The van der Waals surface area contributed by atoms with Crippen LogP contribution in [0.4, 0.5) is 19.0 Å². The average Bonchev–Trinajstić information content (AvgIpc) is 3.03. The molecule has 5 nitrogen and oxygen atoms in total. The lowest BCUT2D eigenvalue weighted by atomic mass is 9.88. The third-order valence-corrected chi connectivity index (χ3v) is 5.33. The number of hydrogen-bond acceptors (Lipinski definition) is 3. The van der Waals surface area contributed by atoms with Crippen molar-refractivity contribution in [1.82, 2.24) is 15.1 Å². The Hall–Kier alpha value is -2.51. The van der Waals surface area contributed by atoms with Gasteiger partial charge in [-0.1, -0.05) is 51.1 Å². The molecule has 0 aliphatic carbocycles. The molecule has 1 aliphatic rings. The molecule has 3 atom stereocenters. The zero-order chi connectivity index (χ0) is 20.7. The first-order chi connectivity index (χ1) is 13.0. The zero-order valence-corrected chi connectivity index (χ0v) is 16.3. The summed E-state index contributed by atoms with van der Waals surface area (Å²) in [7, 11) is 0. The van der Waals surface area contributed by atoms with E-state index < -0.39 is 24.2 Å². The molecular weight excluding hydrogens is 369 g/mol. The topological polar surface area (TPSA) is 59.0 Å². The molecule has 152 valence electrons. The summed E-state index contributed by atoms with van der Waals surface area (Å²) < 4.78 is 42.0. The van der Waals surface area contributed by atoms with E-state index in [0.29, 0.717) is 0 Å². The van der Waals surface area contributed by atoms with Gasteiger partial charge in [-0.3, -0.25) is 4.79 Å². The van der Waals surface area contributed by atoms with Crippen molar-refractivity contribution in [1.29, 1.82) is 0 Å². The van der Waals surface area contributed by atoms with Gasteiger partial charge in [-0.15, -0.1) is 0 Å². The number of fused-ring (bicyclic) bond motifs is 1. The predicted octanol–water partition coefficient (Wildman–Crippen LogP) is 4.71. The summed E-state index contributed by atoms with van der Waals surface area (Å²) in [4.78, 5) is 12.7. The Kier molecular flexibility index (Phi) is 5.16. The SMILES string of the molecule is CC(NC(=O)c1cnn2c1NC(c1ccccc1)CC2C(F)(F)F)C(C)(C)C. The van der Waals surface area contributed by atoms with E-state index in [1.807, 2.05) is 33.8 Å². The number of benzene rings is 1. The first-order valence-electron chi connectivity index (χ1n) is 9.25. The van der Waals surface area contributed by atoms with E-state index in [1.54, 1.807) is 24.3 Å². The highest BCUT2D eigenvalue weighted by Gasteiger charge is 2.47. The summed E-state index contributed by atoms with van der Waals surface area (Å²) >= 11 is 0. The number of rotatable bonds is 3. The van der Waals surface area contributed by atoms with Crippen molar-refractivity contribution in [2.24, 2.45) is 5.41 Å². The maximum absolute atomic E-state index is 13.7. The molecule has 2 aromatic rings. The summed E-state index contributed by atoms with van der Waals surface area (Å²) in [6.07, 6.45) is -3.46. The van der Waals surface area contributed by atoms with E-state index in [0.717, 1.165) is 10.2 Å². The fraction of sp³-hybridized carbons (Fsp3) is 0.500. The molecule has 1 aliphatic heterocycles. The van der Waals surface area contributed by atoms with Gasteiger partial charge in [-0.2, -0.15) is 18.3 Å². The average molecular weight is 394 g/mol. The van der Waals surface area contributed by atoms with E-state index in [9.17, 15) is 18.0 Å². The number of amides is 1. The maximum Gasteiger partial charge on any atom is 0.410 e. The number of nitrogens with one attached hydrogen (secondary N) is 2. The molecule has 3 unspecified atom stereocenters. The highest BCUT2D eigenvalue weighted by atomic mass is 19.4. The molecule has 3 rings (SSSR count).